The van der Waals surface area contributed by atoms with Crippen molar-refractivity contribution in [3.8, 4) is 5.75 Å². The Morgan fingerprint density at radius 1 is 1.03 bits per heavy atom. The fourth-order valence-electron chi connectivity index (χ4n) is 2.99. The summed E-state index contributed by atoms with van der Waals surface area (Å²) in [6.45, 7) is 14.9. The maximum atomic E-state index is 11.8. The van der Waals surface area contributed by atoms with Gasteiger partial charge in [-0.3, -0.25) is 0 Å². The first kappa shape index (κ1) is 25.0. The van der Waals surface area contributed by atoms with Gasteiger partial charge in [-0.1, -0.05) is 0 Å². The summed E-state index contributed by atoms with van der Waals surface area (Å²) in [4.78, 5) is 15.1. The molecule has 0 bridgehead atoms. The van der Waals surface area contributed by atoms with Crippen molar-refractivity contribution in [3.63, 3.8) is 0 Å². The Labute approximate surface area is 185 Å². The molecular formula is C24H38N2O5. The van der Waals surface area contributed by atoms with E-state index in [0.29, 0.717) is 26.2 Å². The number of nitrogens with one attached hydrogen (secondary N) is 2. The number of hydrogen-bond donors (Lipinski definition) is 2. The van der Waals surface area contributed by atoms with Gasteiger partial charge in [0.25, 0.3) is 0 Å². The van der Waals surface area contributed by atoms with Gasteiger partial charge in [-0.15, -0.1) is 0 Å². The minimum absolute atomic E-state index is 0.331. The summed E-state index contributed by atoms with van der Waals surface area (Å²) in [7, 11) is 1.68. The molecule has 0 fully saturated rings. The van der Waals surface area contributed by atoms with E-state index in [1.165, 1.54) is 0 Å². The molecule has 1 aromatic carbocycles. The molecule has 174 valence electrons. The van der Waals surface area contributed by atoms with Crippen LogP contribution in [-0.4, -0.2) is 54.7 Å². The van der Waals surface area contributed by atoms with Crippen LogP contribution in [0.2, 0.25) is 0 Å². The van der Waals surface area contributed by atoms with Gasteiger partial charge < -0.3 is 29.2 Å². The van der Waals surface area contributed by atoms with E-state index in [1.807, 2.05) is 72.9 Å². The third-order valence-electron chi connectivity index (χ3n) is 4.65. The molecule has 7 nitrogen and oxygen atoms in total. The van der Waals surface area contributed by atoms with Crippen molar-refractivity contribution in [1.29, 1.82) is 0 Å². The number of aromatic nitrogens is 1. The zero-order valence-corrected chi connectivity index (χ0v) is 20.2. The van der Waals surface area contributed by atoms with Gasteiger partial charge in [0.1, 0.15) is 17.0 Å². The maximum absolute atomic E-state index is 11.8. The zero-order chi connectivity index (χ0) is 23.3. The largest absolute Gasteiger partial charge is 0.485 e. The number of ether oxygens (including phenoxy) is 4. The SMILES string of the molecule is COC(C)(C)COCC(C)(C)Oc1ccc2[nH]cc(CCNC(=O)OC(C)(C)C)c2c1. The Balaban J connectivity index is 1.97. The summed E-state index contributed by atoms with van der Waals surface area (Å²) >= 11 is 0. The zero-order valence-electron chi connectivity index (χ0n) is 20.2. The van der Waals surface area contributed by atoms with E-state index in [-0.39, 0.29) is 5.60 Å². The van der Waals surface area contributed by atoms with Gasteiger partial charge in [-0.05, 0) is 78.6 Å². The van der Waals surface area contributed by atoms with Crippen molar-refractivity contribution in [2.45, 2.75) is 71.7 Å². The minimum atomic E-state index is -0.507. The lowest BCUT2D eigenvalue weighted by molar-refractivity contribution is -0.0800. The number of fused-ring (bicyclic) bond motifs is 1. The van der Waals surface area contributed by atoms with Crippen LogP contribution < -0.4 is 10.1 Å². The Bertz CT molecular complexity index is 864. The first-order valence-electron chi connectivity index (χ1n) is 10.7. The molecule has 2 rings (SSSR count). The molecule has 0 aliphatic carbocycles. The summed E-state index contributed by atoms with van der Waals surface area (Å²) < 4.78 is 22.7. The summed E-state index contributed by atoms with van der Waals surface area (Å²) in [5, 5.41) is 3.87. The number of benzene rings is 1. The molecule has 0 unspecified atom stereocenters. The summed E-state index contributed by atoms with van der Waals surface area (Å²) in [5.74, 6) is 0.771. The molecule has 0 saturated carbocycles. The van der Waals surface area contributed by atoms with Crippen LogP contribution in [0.25, 0.3) is 10.9 Å². The number of carbonyl (C=O) groups excluding carboxylic acids is 1. The molecule has 0 radical (unpaired) electrons. The monoisotopic (exact) mass is 434 g/mol. The number of methoxy groups -OCH3 is 1. The van der Waals surface area contributed by atoms with Crippen LogP contribution in [0.3, 0.4) is 0 Å². The highest BCUT2D eigenvalue weighted by atomic mass is 16.6. The van der Waals surface area contributed by atoms with E-state index in [4.69, 9.17) is 18.9 Å². The Kier molecular flexibility index (Phi) is 8.00. The lowest BCUT2D eigenvalue weighted by Gasteiger charge is -2.29. The second-order valence-electron chi connectivity index (χ2n) is 10.0. The Hall–Kier alpha value is -2.25. The molecule has 0 spiro atoms. The number of hydrogen-bond acceptors (Lipinski definition) is 5. The van der Waals surface area contributed by atoms with Gasteiger partial charge in [-0.2, -0.15) is 0 Å². The number of rotatable bonds is 10. The van der Waals surface area contributed by atoms with Gasteiger partial charge in [0.2, 0.25) is 0 Å². The van der Waals surface area contributed by atoms with Crippen LogP contribution >= 0.6 is 0 Å². The Morgan fingerprint density at radius 2 is 1.71 bits per heavy atom. The molecule has 7 heteroatoms. The van der Waals surface area contributed by atoms with Crippen molar-refractivity contribution in [2.75, 3.05) is 26.9 Å². The quantitative estimate of drug-likeness (QED) is 0.559. The average Bonchev–Trinajstić information content (AvgIpc) is 3.02. The standard InChI is InChI=1S/C24H38N2O5/c1-22(2,3)31-21(27)25-12-11-17-14-26-20-10-9-18(13-19(17)20)30-24(6,7)16-29-15-23(4,5)28-8/h9-10,13-14,26H,11-12,15-16H2,1-8H3,(H,25,27). The van der Waals surface area contributed by atoms with Gasteiger partial charge in [0.05, 0.1) is 18.8 Å². The normalized spacial score (nSPS) is 12.8. The van der Waals surface area contributed by atoms with Crippen molar-refractivity contribution < 1.29 is 23.7 Å². The molecule has 0 saturated heterocycles. The van der Waals surface area contributed by atoms with Gasteiger partial charge in [0, 0.05) is 30.8 Å². The molecule has 1 aromatic heterocycles. The summed E-state index contributed by atoms with van der Waals surface area (Å²) in [6.07, 6.45) is 2.24. The minimum Gasteiger partial charge on any atom is -0.485 e. The van der Waals surface area contributed by atoms with Crippen LogP contribution in [-0.2, 0) is 20.6 Å². The van der Waals surface area contributed by atoms with Crippen molar-refractivity contribution in [1.82, 2.24) is 10.3 Å². The van der Waals surface area contributed by atoms with Gasteiger partial charge >= 0.3 is 6.09 Å². The molecule has 2 N–H and O–H groups in total. The van der Waals surface area contributed by atoms with Crippen molar-refractivity contribution in [3.05, 3.63) is 30.0 Å². The number of amides is 1. The number of H-pyrrole nitrogens is 1. The third kappa shape index (κ3) is 8.42. The fraction of sp³-hybridized carbons (Fsp3) is 0.625. The number of aromatic amines is 1. The molecule has 0 aliphatic rings. The van der Waals surface area contributed by atoms with Crippen LogP contribution in [0, 0.1) is 0 Å². The van der Waals surface area contributed by atoms with E-state index in [2.05, 4.69) is 10.3 Å². The van der Waals surface area contributed by atoms with E-state index in [0.717, 1.165) is 22.2 Å². The third-order valence-corrected chi connectivity index (χ3v) is 4.65. The molecule has 1 heterocycles. The van der Waals surface area contributed by atoms with Crippen LogP contribution in [0.5, 0.6) is 5.75 Å². The van der Waals surface area contributed by atoms with Crippen LogP contribution in [0.1, 0.15) is 54.0 Å². The maximum Gasteiger partial charge on any atom is 0.407 e. The highest BCUT2D eigenvalue weighted by Gasteiger charge is 2.24. The topological polar surface area (TPSA) is 81.8 Å². The Morgan fingerprint density at radius 3 is 2.35 bits per heavy atom. The summed E-state index contributed by atoms with van der Waals surface area (Å²) in [6, 6.07) is 5.97. The second-order valence-corrected chi connectivity index (χ2v) is 10.0. The highest BCUT2D eigenvalue weighted by molar-refractivity contribution is 5.84. The van der Waals surface area contributed by atoms with E-state index < -0.39 is 17.3 Å². The molecular weight excluding hydrogens is 396 g/mol. The smallest absolute Gasteiger partial charge is 0.407 e. The number of alkyl carbamates (subject to hydrolysis) is 1. The molecule has 0 atom stereocenters. The highest BCUT2D eigenvalue weighted by Crippen LogP contribution is 2.27. The van der Waals surface area contributed by atoms with Crippen molar-refractivity contribution in [2.24, 2.45) is 0 Å². The lowest BCUT2D eigenvalue weighted by Crippen LogP contribution is -2.37. The first-order chi connectivity index (χ1) is 14.3. The fourth-order valence-corrected chi connectivity index (χ4v) is 2.99. The van der Waals surface area contributed by atoms with E-state index in [9.17, 15) is 4.79 Å². The predicted octanol–water partition coefficient (Wildman–Crippen LogP) is 4.83. The molecule has 2 aromatic rings. The van der Waals surface area contributed by atoms with E-state index in [1.54, 1.807) is 7.11 Å². The average molecular weight is 435 g/mol. The number of carbonyl (C=O) groups is 1. The van der Waals surface area contributed by atoms with Crippen LogP contribution in [0.4, 0.5) is 4.79 Å². The molecule has 31 heavy (non-hydrogen) atoms. The van der Waals surface area contributed by atoms with E-state index >= 15 is 0 Å². The molecule has 0 aliphatic heterocycles. The summed E-state index contributed by atoms with van der Waals surface area (Å²) in [5.41, 5.74) is 0.796. The van der Waals surface area contributed by atoms with Crippen LogP contribution in [0.15, 0.2) is 24.4 Å². The first-order valence-corrected chi connectivity index (χ1v) is 10.7. The second kappa shape index (κ2) is 9.92. The molecule has 1 amide bonds. The van der Waals surface area contributed by atoms with Gasteiger partial charge in [0.15, 0.2) is 0 Å². The lowest BCUT2D eigenvalue weighted by atomic mass is 10.1. The van der Waals surface area contributed by atoms with Crippen molar-refractivity contribution >= 4 is 17.0 Å². The predicted molar refractivity (Wildman–Crippen MR) is 123 cm³/mol. The van der Waals surface area contributed by atoms with Gasteiger partial charge in [-0.25, -0.2) is 4.79 Å².